The van der Waals surface area contributed by atoms with Gasteiger partial charge >= 0.3 is 0 Å². The Bertz CT molecular complexity index is 1030. The van der Waals surface area contributed by atoms with Crippen LogP contribution in [0.5, 0.6) is 0 Å². The van der Waals surface area contributed by atoms with Gasteiger partial charge in [-0.2, -0.15) is 0 Å². The van der Waals surface area contributed by atoms with Crippen molar-refractivity contribution in [3.05, 3.63) is 72.2 Å². The van der Waals surface area contributed by atoms with Crippen LogP contribution in [0, 0.1) is 0 Å². The monoisotopic (exact) mass is 354 g/mol. The number of fused-ring (bicyclic) bond motifs is 2. The first kappa shape index (κ1) is 15.3. The minimum Gasteiger partial charge on any atom is -0.315 e. The zero-order valence-electron chi connectivity index (χ0n) is 12.9. The number of para-hydroxylation sites is 2. The molecule has 4 aromatic rings. The fraction of sp³-hybridized carbons (Fsp3) is 0.111. The summed E-state index contributed by atoms with van der Waals surface area (Å²) in [6.45, 7) is 4.59. The first-order valence-corrected chi connectivity index (χ1v) is 8.93. The van der Waals surface area contributed by atoms with Crippen LogP contribution < -0.4 is 0 Å². The van der Waals surface area contributed by atoms with Crippen molar-refractivity contribution in [2.45, 2.75) is 17.5 Å². The maximum Gasteiger partial charge on any atom is 0.169 e. The Morgan fingerprint density at radius 1 is 1.12 bits per heavy atom. The summed E-state index contributed by atoms with van der Waals surface area (Å²) < 4.78 is 4.13. The third-order valence-electron chi connectivity index (χ3n) is 3.75. The Labute approximate surface area is 148 Å². The van der Waals surface area contributed by atoms with Crippen molar-refractivity contribution < 1.29 is 0 Å². The second-order valence-corrected chi connectivity index (χ2v) is 6.80. The minimum absolute atomic E-state index is 0.701. The van der Waals surface area contributed by atoms with Crippen molar-refractivity contribution in [1.29, 1.82) is 0 Å². The van der Waals surface area contributed by atoms with Crippen molar-refractivity contribution >= 4 is 40.0 Å². The highest BCUT2D eigenvalue weighted by molar-refractivity contribution is 7.98. The van der Waals surface area contributed by atoms with Gasteiger partial charge in [0.05, 0.1) is 21.7 Å². The highest BCUT2D eigenvalue weighted by Gasteiger charge is 2.11. The Morgan fingerprint density at radius 3 is 2.88 bits per heavy atom. The van der Waals surface area contributed by atoms with E-state index in [2.05, 4.69) is 22.2 Å². The van der Waals surface area contributed by atoms with E-state index in [9.17, 15) is 0 Å². The van der Waals surface area contributed by atoms with Crippen LogP contribution in [0.25, 0.3) is 16.7 Å². The van der Waals surface area contributed by atoms with Crippen LogP contribution in [0.3, 0.4) is 0 Å². The van der Waals surface area contributed by atoms with E-state index < -0.39 is 0 Å². The molecule has 0 fully saturated rings. The van der Waals surface area contributed by atoms with E-state index in [-0.39, 0.29) is 0 Å². The maximum atomic E-state index is 6.03. The van der Waals surface area contributed by atoms with Crippen LogP contribution in [0.4, 0.5) is 0 Å². The highest BCUT2D eigenvalue weighted by atomic mass is 35.5. The lowest BCUT2D eigenvalue weighted by atomic mass is 10.3. The highest BCUT2D eigenvalue weighted by Crippen LogP contribution is 2.27. The number of imidazole rings is 2. The van der Waals surface area contributed by atoms with Gasteiger partial charge < -0.3 is 8.97 Å². The topological polar surface area (TPSA) is 35.1 Å². The maximum absolute atomic E-state index is 6.03. The quantitative estimate of drug-likeness (QED) is 0.381. The molecule has 0 saturated heterocycles. The molecule has 0 aliphatic carbocycles. The minimum atomic E-state index is 0.701. The predicted molar refractivity (Wildman–Crippen MR) is 99.7 cm³/mol. The average molecular weight is 355 g/mol. The van der Waals surface area contributed by atoms with Crippen molar-refractivity contribution in [3.8, 4) is 0 Å². The smallest absolute Gasteiger partial charge is 0.169 e. The molecule has 3 heterocycles. The van der Waals surface area contributed by atoms with Crippen LogP contribution in [0.15, 0.2) is 66.6 Å². The number of allylic oxidation sites excluding steroid dienone is 1. The van der Waals surface area contributed by atoms with Gasteiger partial charge in [-0.25, -0.2) is 9.97 Å². The normalized spacial score (nSPS) is 11.4. The number of nitrogens with zero attached hydrogens (tertiary/aromatic N) is 4. The van der Waals surface area contributed by atoms with Gasteiger partial charge in [0.25, 0.3) is 0 Å². The first-order valence-electron chi connectivity index (χ1n) is 7.57. The van der Waals surface area contributed by atoms with Gasteiger partial charge in [-0.05, 0) is 24.3 Å². The average Bonchev–Trinajstić information content (AvgIpc) is 3.14. The van der Waals surface area contributed by atoms with Gasteiger partial charge in [-0.1, -0.05) is 41.6 Å². The van der Waals surface area contributed by atoms with Gasteiger partial charge in [-0.15, -0.1) is 6.58 Å². The van der Waals surface area contributed by atoms with E-state index >= 15 is 0 Å². The Kier molecular flexibility index (Phi) is 4.04. The van der Waals surface area contributed by atoms with Crippen LogP contribution in [-0.2, 0) is 12.3 Å². The number of rotatable bonds is 5. The lowest BCUT2D eigenvalue weighted by molar-refractivity contribution is 0.748. The molecule has 0 amide bonds. The largest absolute Gasteiger partial charge is 0.315 e. The van der Waals surface area contributed by atoms with Crippen molar-refractivity contribution in [1.82, 2.24) is 18.9 Å². The number of hydrogen-bond acceptors (Lipinski definition) is 3. The summed E-state index contributed by atoms with van der Waals surface area (Å²) in [5.41, 5.74) is 4.03. The van der Waals surface area contributed by atoms with E-state index in [0.29, 0.717) is 5.02 Å². The Balaban J connectivity index is 1.63. The molecule has 0 unspecified atom stereocenters. The molecule has 24 heavy (non-hydrogen) atoms. The fourth-order valence-corrected chi connectivity index (χ4v) is 3.77. The molecule has 4 rings (SSSR count). The Hall–Kier alpha value is -2.24. The van der Waals surface area contributed by atoms with E-state index in [1.54, 1.807) is 11.8 Å². The van der Waals surface area contributed by atoms with Crippen LogP contribution in [0.1, 0.15) is 5.69 Å². The number of thioether (sulfide) groups is 1. The molecule has 120 valence electrons. The summed E-state index contributed by atoms with van der Waals surface area (Å²) in [5.74, 6) is 0.750. The summed E-state index contributed by atoms with van der Waals surface area (Å²) in [6.07, 6.45) is 5.77. The molecule has 0 aliphatic heterocycles. The summed E-state index contributed by atoms with van der Waals surface area (Å²) in [4.78, 5) is 9.36. The molecule has 1 aromatic carbocycles. The zero-order chi connectivity index (χ0) is 16.5. The van der Waals surface area contributed by atoms with Crippen molar-refractivity contribution in [3.63, 3.8) is 0 Å². The molecule has 0 atom stereocenters. The molecule has 0 saturated carbocycles. The molecule has 0 N–H and O–H groups in total. The number of aromatic nitrogens is 4. The van der Waals surface area contributed by atoms with Crippen LogP contribution in [0.2, 0.25) is 5.02 Å². The standard InChI is InChI=1S/C18H15ClN4S/c1-2-9-23-16-6-4-3-5-15(16)21-18(23)24-12-14-11-22-10-13(19)7-8-17(22)20-14/h2-8,10-11H,1,9,12H2. The van der Waals surface area contributed by atoms with Crippen molar-refractivity contribution in [2.75, 3.05) is 0 Å². The third kappa shape index (κ3) is 2.81. The van der Waals surface area contributed by atoms with Gasteiger partial charge in [0.1, 0.15) is 5.65 Å². The lowest BCUT2D eigenvalue weighted by Gasteiger charge is -2.04. The molecule has 0 aliphatic rings. The molecule has 4 nitrogen and oxygen atoms in total. The summed E-state index contributed by atoms with van der Waals surface area (Å²) in [6, 6.07) is 11.9. The number of hydrogen-bond donors (Lipinski definition) is 0. The molecule has 3 aromatic heterocycles. The van der Waals surface area contributed by atoms with Gasteiger partial charge in [0, 0.05) is 24.7 Å². The molecule has 6 heteroatoms. The van der Waals surface area contributed by atoms with E-state index in [0.717, 1.165) is 39.8 Å². The summed E-state index contributed by atoms with van der Waals surface area (Å²) in [5, 5.41) is 1.68. The molecule has 0 bridgehead atoms. The van der Waals surface area contributed by atoms with Gasteiger partial charge in [0.15, 0.2) is 5.16 Å². The van der Waals surface area contributed by atoms with Gasteiger partial charge in [0.2, 0.25) is 0 Å². The third-order valence-corrected chi connectivity index (χ3v) is 4.98. The summed E-state index contributed by atoms with van der Waals surface area (Å²) in [7, 11) is 0. The van der Waals surface area contributed by atoms with Gasteiger partial charge in [-0.3, -0.25) is 0 Å². The first-order chi connectivity index (χ1) is 11.7. The second-order valence-electron chi connectivity index (χ2n) is 5.42. The predicted octanol–water partition coefficient (Wildman–Crippen LogP) is 4.82. The number of halogens is 1. The number of benzene rings is 1. The summed E-state index contributed by atoms with van der Waals surface area (Å²) >= 11 is 7.71. The van der Waals surface area contributed by atoms with E-state index in [1.165, 1.54) is 0 Å². The SMILES string of the molecule is C=CCn1c(SCc2cn3cc(Cl)ccc3n2)nc2ccccc21. The Morgan fingerprint density at radius 2 is 2.00 bits per heavy atom. The fourth-order valence-electron chi connectivity index (χ4n) is 2.69. The molecule has 0 radical (unpaired) electrons. The molecular formula is C18H15ClN4S. The van der Waals surface area contributed by atoms with Crippen LogP contribution >= 0.6 is 23.4 Å². The molecule has 0 spiro atoms. The van der Waals surface area contributed by atoms with E-state index in [1.807, 2.05) is 53.2 Å². The van der Waals surface area contributed by atoms with E-state index in [4.69, 9.17) is 16.6 Å². The zero-order valence-corrected chi connectivity index (χ0v) is 14.5. The van der Waals surface area contributed by atoms with Crippen LogP contribution in [-0.4, -0.2) is 18.9 Å². The second kappa shape index (κ2) is 6.34. The molecular weight excluding hydrogens is 340 g/mol. The van der Waals surface area contributed by atoms with Crippen molar-refractivity contribution in [2.24, 2.45) is 0 Å². The lowest BCUT2D eigenvalue weighted by Crippen LogP contribution is -1.97. The number of pyridine rings is 1.